The number of ether oxygens (including phenoxy) is 1. The number of rotatable bonds is 6. The molecule has 0 radical (unpaired) electrons. The third kappa shape index (κ3) is 3.99. The molecule has 0 aromatic heterocycles. The van der Waals surface area contributed by atoms with Crippen molar-refractivity contribution in [3.8, 4) is 0 Å². The Kier molecular flexibility index (Phi) is 5.93. The van der Waals surface area contributed by atoms with Crippen LogP contribution in [0.1, 0.15) is 33.1 Å². The van der Waals surface area contributed by atoms with E-state index in [9.17, 15) is 19.2 Å². The SMILES string of the molecule is CC(C)CCNC(=O)NC(=O)COC(=O)C12CCC(=O)N1c1ccccc1S2. The molecular formula is C19H23N3O5S. The molecule has 1 fully saturated rings. The molecule has 4 amide bonds. The lowest BCUT2D eigenvalue weighted by Gasteiger charge is -2.28. The monoisotopic (exact) mass is 405 g/mol. The van der Waals surface area contributed by atoms with E-state index >= 15 is 0 Å². The number of amides is 4. The number of thioether (sulfide) groups is 1. The molecule has 2 aliphatic rings. The molecule has 150 valence electrons. The van der Waals surface area contributed by atoms with E-state index in [1.54, 1.807) is 12.1 Å². The Bertz CT molecular complexity index is 813. The minimum Gasteiger partial charge on any atom is -0.453 e. The molecule has 28 heavy (non-hydrogen) atoms. The number of benzene rings is 1. The lowest BCUT2D eigenvalue weighted by atomic mass is 10.1. The molecule has 1 atom stereocenters. The van der Waals surface area contributed by atoms with Gasteiger partial charge in [0.25, 0.3) is 5.91 Å². The maximum Gasteiger partial charge on any atom is 0.344 e. The van der Waals surface area contributed by atoms with Gasteiger partial charge in [-0.15, -0.1) is 0 Å². The fourth-order valence-corrected chi connectivity index (χ4v) is 4.61. The normalized spacial score (nSPS) is 20.0. The van der Waals surface area contributed by atoms with Crippen LogP contribution in [0.3, 0.4) is 0 Å². The van der Waals surface area contributed by atoms with Gasteiger partial charge in [-0.25, -0.2) is 9.59 Å². The number of para-hydroxylation sites is 1. The zero-order chi connectivity index (χ0) is 20.3. The molecule has 0 aliphatic carbocycles. The van der Waals surface area contributed by atoms with Crippen LogP contribution in [-0.2, 0) is 19.1 Å². The van der Waals surface area contributed by atoms with Crippen LogP contribution in [0.5, 0.6) is 0 Å². The summed E-state index contributed by atoms with van der Waals surface area (Å²) in [6.45, 7) is 3.92. The van der Waals surface area contributed by atoms with Gasteiger partial charge >= 0.3 is 12.0 Å². The minimum absolute atomic E-state index is 0.150. The second kappa shape index (κ2) is 8.22. The minimum atomic E-state index is -1.18. The fourth-order valence-electron chi connectivity index (χ4n) is 3.20. The van der Waals surface area contributed by atoms with E-state index in [0.717, 1.165) is 11.3 Å². The number of carbonyl (C=O) groups is 4. The van der Waals surface area contributed by atoms with Gasteiger partial charge in [-0.2, -0.15) is 0 Å². The predicted molar refractivity (Wildman–Crippen MR) is 104 cm³/mol. The standard InChI is InChI=1S/C19H23N3O5S/c1-12(2)8-10-20-18(26)21-15(23)11-27-17(25)19-9-7-16(24)22(19)13-5-3-4-6-14(13)28-19/h3-6,12H,7-11H2,1-2H3,(H2,20,21,23,26). The van der Waals surface area contributed by atoms with Crippen LogP contribution in [0.25, 0.3) is 0 Å². The van der Waals surface area contributed by atoms with Crippen LogP contribution >= 0.6 is 11.8 Å². The van der Waals surface area contributed by atoms with E-state index in [-0.39, 0.29) is 12.3 Å². The Hall–Kier alpha value is -2.55. The molecule has 1 saturated heterocycles. The first-order valence-corrected chi connectivity index (χ1v) is 10.0. The number of nitrogens with zero attached hydrogens (tertiary/aromatic N) is 1. The van der Waals surface area contributed by atoms with E-state index < -0.39 is 29.4 Å². The largest absolute Gasteiger partial charge is 0.453 e. The van der Waals surface area contributed by atoms with Crippen molar-refractivity contribution in [3.63, 3.8) is 0 Å². The number of imide groups is 1. The first-order chi connectivity index (χ1) is 13.3. The summed E-state index contributed by atoms with van der Waals surface area (Å²) < 4.78 is 5.17. The van der Waals surface area contributed by atoms with Crippen molar-refractivity contribution in [2.24, 2.45) is 5.92 Å². The number of anilines is 1. The molecule has 0 saturated carbocycles. The van der Waals surface area contributed by atoms with E-state index in [2.05, 4.69) is 10.6 Å². The van der Waals surface area contributed by atoms with Crippen molar-refractivity contribution < 1.29 is 23.9 Å². The van der Waals surface area contributed by atoms with Gasteiger partial charge in [0.15, 0.2) is 11.5 Å². The van der Waals surface area contributed by atoms with Crippen LogP contribution in [-0.4, -0.2) is 41.8 Å². The van der Waals surface area contributed by atoms with Crippen molar-refractivity contribution in [3.05, 3.63) is 24.3 Å². The van der Waals surface area contributed by atoms with Crippen molar-refractivity contribution in [2.45, 2.75) is 42.9 Å². The molecule has 9 heteroatoms. The molecule has 1 aromatic carbocycles. The summed E-state index contributed by atoms with van der Waals surface area (Å²) in [5.41, 5.74) is 0.681. The fraction of sp³-hybridized carbons (Fsp3) is 0.474. The first kappa shape index (κ1) is 20.2. The maximum atomic E-state index is 12.8. The number of hydrogen-bond acceptors (Lipinski definition) is 6. The lowest BCUT2D eigenvalue weighted by molar-refractivity contribution is -0.150. The van der Waals surface area contributed by atoms with Gasteiger partial charge in [-0.1, -0.05) is 37.7 Å². The number of hydrogen-bond donors (Lipinski definition) is 2. The highest BCUT2D eigenvalue weighted by Gasteiger charge is 2.58. The van der Waals surface area contributed by atoms with Gasteiger partial charge in [0.1, 0.15) is 0 Å². The Morgan fingerprint density at radius 3 is 2.79 bits per heavy atom. The highest BCUT2D eigenvalue weighted by Crippen LogP contribution is 2.56. The van der Waals surface area contributed by atoms with Crippen LogP contribution in [0.15, 0.2) is 29.2 Å². The summed E-state index contributed by atoms with van der Waals surface area (Å²) in [5.74, 6) is -1.09. The molecule has 1 aromatic rings. The zero-order valence-electron chi connectivity index (χ0n) is 15.8. The molecular weight excluding hydrogens is 382 g/mol. The molecule has 2 N–H and O–H groups in total. The molecule has 8 nitrogen and oxygen atoms in total. The number of urea groups is 1. The van der Waals surface area contributed by atoms with Gasteiger partial charge in [0, 0.05) is 24.3 Å². The molecule has 0 bridgehead atoms. The predicted octanol–water partition coefficient (Wildman–Crippen LogP) is 2.03. The quantitative estimate of drug-likeness (QED) is 0.702. The van der Waals surface area contributed by atoms with Crippen molar-refractivity contribution in [1.29, 1.82) is 0 Å². The number of nitrogens with one attached hydrogen (secondary N) is 2. The Morgan fingerprint density at radius 1 is 1.29 bits per heavy atom. The Labute approximate surface area is 167 Å². The lowest BCUT2D eigenvalue weighted by Crippen LogP contribution is -2.49. The van der Waals surface area contributed by atoms with Crippen LogP contribution in [0.4, 0.5) is 10.5 Å². The van der Waals surface area contributed by atoms with E-state index in [4.69, 9.17) is 4.74 Å². The van der Waals surface area contributed by atoms with Crippen LogP contribution < -0.4 is 15.5 Å². The van der Waals surface area contributed by atoms with E-state index in [1.807, 2.05) is 26.0 Å². The summed E-state index contributed by atoms with van der Waals surface area (Å²) in [4.78, 5) is 49.8. The number of fused-ring (bicyclic) bond motifs is 3. The van der Waals surface area contributed by atoms with Crippen molar-refractivity contribution in [2.75, 3.05) is 18.1 Å². The summed E-state index contributed by atoms with van der Waals surface area (Å²) in [7, 11) is 0. The smallest absolute Gasteiger partial charge is 0.344 e. The first-order valence-electron chi connectivity index (χ1n) is 9.19. The topological polar surface area (TPSA) is 105 Å². The van der Waals surface area contributed by atoms with Gasteiger partial charge in [0.05, 0.1) is 5.69 Å². The van der Waals surface area contributed by atoms with Gasteiger partial charge < -0.3 is 10.1 Å². The maximum absolute atomic E-state index is 12.8. The van der Waals surface area contributed by atoms with E-state index in [1.165, 1.54) is 16.7 Å². The summed E-state index contributed by atoms with van der Waals surface area (Å²) in [6, 6.07) is 6.64. The summed E-state index contributed by atoms with van der Waals surface area (Å²) >= 11 is 1.26. The average Bonchev–Trinajstić information content (AvgIpc) is 3.15. The van der Waals surface area contributed by atoms with Crippen LogP contribution in [0.2, 0.25) is 0 Å². The van der Waals surface area contributed by atoms with Gasteiger partial charge in [-0.05, 0) is 24.5 Å². The average molecular weight is 405 g/mol. The molecule has 1 unspecified atom stereocenters. The highest BCUT2D eigenvalue weighted by atomic mass is 32.2. The van der Waals surface area contributed by atoms with Crippen LogP contribution in [0, 0.1) is 5.92 Å². The van der Waals surface area contributed by atoms with E-state index in [0.29, 0.717) is 24.6 Å². The molecule has 3 rings (SSSR count). The molecule has 2 aliphatic heterocycles. The zero-order valence-corrected chi connectivity index (χ0v) is 16.6. The second-order valence-corrected chi connectivity index (χ2v) is 8.47. The van der Waals surface area contributed by atoms with Crippen molar-refractivity contribution >= 4 is 41.3 Å². The number of esters is 1. The highest BCUT2D eigenvalue weighted by molar-refractivity contribution is 8.02. The summed E-state index contributed by atoms with van der Waals surface area (Å²) in [6.07, 6.45) is 1.34. The van der Waals surface area contributed by atoms with Gasteiger partial charge in [0.2, 0.25) is 5.91 Å². The number of carbonyl (C=O) groups excluding carboxylic acids is 4. The van der Waals surface area contributed by atoms with Crippen molar-refractivity contribution in [1.82, 2.24) is 10.6 Å². The Morgan fingerprint density at radius 2 is 2.04 bits per heavy atom. The molecule has 0 spiro atoms. The molecule has 2 heterocycles. The third-order valence-electron chi connectivity index (χ3n) is 4.59. The third-order valence-corrected chi connectivity index (χ3v) is 6.04. The van der Waals surface area contributed by atoms with Gasteiger partial charge in [-0.3, -0.25) is 19.8 Å². The summed E-state index contributed by atoms with van der Waals surface area (Å²) in [5, 5.41) is 4.70. The second-order valence-electron chi connectivity index (χ2n) is 7.15. The Balaban J connectivity index is 1.56.